The van der Waals surface area contributed by atoms with E-state index in [9.17, 15) is 4.79 Å². The van der Waals surface area contributed by atoms with Crippen LogP contribution in [0.3, 0.4) is 0 Å². The van der Waals surface area contributed by atoms with E-state index < -0.39 is 0 Å². The molecule has 2 aliphatic heterocycles. The van der Waals surface area contributed by atoms with Gasteiger partial charge in [-0.05, 0) is 46.1 Å². The summed E-state index contributed by atoms with van der Waals surface area (Å²) in [4.78, 5) is 14.2. The Hall–Kier alpha value is -0.360. The van der Waals surface area contributed by atoms with Gasteiger partial charge in [-0.3, -0.25) is 4.79 Å². The number of piperidine rings is 1. The molecule has 0 aromatic rings. The summed E-state index contributed by atoms with van der Waals surface area (Å²) in [6.07, 6.45) is 5.27. The molecular formula is C15H29ClN2O3. The third kappa shape index (κ3) is 5.74. The summed E-state index contributed by atoms with van der Waals surface area (Å²) in [5, 5.41) is 3.28. The van der Waals surface area contributed by atoms with E-state index in [0.717, 1.165) is 45.4 Å². The van der Waals surface area contributed by atoms with Gasteiger partial charge in [-0.15, -0.1) is 12.4 Å². The molecule has 6 heteroatoms. The molecule has 124 valence electrons. The van der Waals surface area contributed by atoms with Gasteiger partial charge in [0.05, 0.1) is 12.7 Å². The maximum atomic E-state index is 12.3. The van der Waals surface area contributed by atoms with Crippen molar-refractivity contribution in [2.24, 2.45) is 0 Å². The number of ether oxygens (including phenoxy) is 2. The third-order valence-electron chi connectivity index (χ3n) is 4.37. The van der Waals surface area contributed by atoms with Gasteiger partial charge in [0.25, 0.3) is 5.91 Å². The summed E-state index contributed by atoms with van der Waals surface area (Å²) in [6.45, 7) is 4.89. The molecule has 0 bridgehead atoms. The Morgan fingerprint density at radius 3 is 2.62 bits per heavy atom. The first-order valence-electron chi connectivity index (χ1n) is 7.90. The minimum Gasteiger partial charge on any atom is -0.376 e. The minimum atomic E-state index is -0.355. The van der Waals surface area contributed by atoms with Gasteiger partial charge < -0.3 is 19.7 Å². The van der Waals surface area contributed by atoms with E-state index in [2.05, 4.69) is 5.32 Å². The van der Waals surface area contributed by atoms with Gasteiger partial charge in [-0.2, -0.15) is 0 Å². The number of nitrogens with zero attached hydrogens (tertiary/aromatic N) is 1. The Morgan fingerprint density at radius 1 is 1.33 bits per heavy atom. The van der Waals surface area contributed by atoms with Gasteiger partial charge in [-0.1, -0.05) is 0 Å². The van der Waals surface area contributed by atoms with Crippen LogP contribution in [0.25, 0.3) is 0 Å². The maximum Gasteiger partial charge on any atom is 0.251 e. The highest BCUT2D eigenvalue weighted by atomic mass is 35.5. The number of halogens is 1. The van der Waals surface area contributed by atoms with Crippen LogP contribution in [0.4, 0.5) is 0 Å². The molecule has 1 N–H and O–H groups in total. The van der Waals surface area contributed by atoms with E-state index in [1.807, 2.05) is 18.9 Å². The van der Waals surface area contributed by atoms with Crippen molar-refractivity contribution in [3.8, 4) is 0 Å². The van der Waals surface area contributed by atoms with E-state index in [-0.39, 0.29) is 30.5 Å². The molecule has 0 aliphatic carbocycles. The molecule has 2 saturated heterocycles. The smallest absolute Gasteiger partial charge is 0.251 e. The van der Waals surface area contributed by atoms with Crippen LogP contribution in [0.2, 0.25) is 0 Å². The van der Waals surface area contributed by atoms with Crippen molar-refractivity contribution in [1.82, 2.24) is 10.2 Å². The predicted molar refractivity (Wildman–Crippen MR) is 84.9 cm³/mol. The Labute approximate surface area is 134 Å². The number of carbonyl (C=O) groups is 1. The fourth-order valence-electron chi connectivity index (χ4n) is 2.91. The number of likely N-dealkylation sites (tertiary alicyclic amines) is 1. The van der Waals surface area contributed by atoms with Crippen molar-refractivity contribution in [1.29, 1.82) is 0 Å². The zero-order valence-electron chi connectivity index (χ0n) is 13.2. The summed E-state index contributed by atoms with van der Waals surface area (Å²) in [5.41, 5.74) is 0. The lowest BCUT2D eigenvalue weighted by atomic mass is 10.0. The van der Waals surface area contributed by atoms with Gasteiger partial charge in [0.2, 0.25) is 0 Å². The number of hydrogen-bond donors (Lipinski definition) is 1. The van der Waals surface area contributed by atoms with Gasteiger partial charge in [0, 0.05) is 25.7 Å². The highest BCUT2D eigenvalue weighted by Crippen LogP contribution is 2.15. The number of rotatable bonds is 5. The van der Waals surface area contributed by atoms with Crippen molar-refractivity contribution in [2.75, 3.05) is 33.4 Å². The van der Waals surface area contributed by atoms with E-state index in [0.29, 0.717) is 12.6 Å². The maximum absolute atomic E-state index is 12.3. The monoisotopic (exact) mass is 320 g/mol. The number of hydrogen-bond acceptors (Lipinski definition) is 4. The first-order valence-corrected chi connectivity index (χ1v) is 7.90. The van der Waals surface area contributed by atoms with Crippen LogP contribution in [0.5, 0.6) is 0 Å². The van der Waals surface area contributed by atoms with Gasteiger partial charge in [0.1, 0.15) is 6.10 Å². The molecule has 0 aromatic carbocycles. The summed E-state index contributed by atoms with van der Waals surface area (Å²) < 4.78 is 11.3. The summed E-state index contributed by atoms with van der Waals surface area (Å²) in [7, 11) is 1.98. The van der Waals surface area contributed by atoms with Crippen LogP contribution in [0.1, 0.15) is 39.0 Å². The van der Waals surface area contributed by atoms with Crippen LogP contribution in [0.15, 0.2) is 0 Å². The molecule has 0 aromatic heterocycles. The molecule has 0 saturated carbocycles. The third-order valence-corrected chi connectivity index (χ3v) is 4.37. The largest absolute Gasteiger partial charge is 0.376 e. The average molecular weight is 321 g/mol. The highest BCUT2D eigenvalue weighted by molar-refractivity contribution is 5.85. The lowest BCUT2D eigenvalue weighted by molar-refractivity contribution is -0.147. The normalized spacial score (nSPS) is 25.2. The van der Waals surface area contributed by atoms with Crippen LogP contribution in [-0.4, -0.2) is 62.4 Å². The van der Waals surface area contributed by atoms with Crippen LogP contribution in [-0.2, 0) is 14.3 Å². The van der Waals surface area contributed by atoms with E-state index in [1.54, 1.807) is 0 Å². The van der Waals surface area contributed by atoms with Crippen LogP contribution < -0.4 is 5.32 Å². The number of nitrogens with one attached hydrogen (secondary N) is 1. The molecule has 2 atom stereocenters. The Morgan fingerprint density at radius 2 is 2.05 bits per heavy atom. The predicted octanol–water partition coefficient (Wildman–Crippen LogP) is 1.59. The molecule has 5 nitrogen and oxygen atoms in total. The average Bonchev–Trinajstić information content (AvgIpc) is 2.53. The van der Waals surface area contributed by atoms with E-state index in [4.69, 9.17) is 9.47 Å². The van der Waals surface area contributed by atoms with Gasteiger partial charge >= 0.3 is 0 Å². The fourth-order valence-corrected chi connectivity index (χ4v) is 2.91. The highest BCUT2D eigenvalue weighted by Gasteiger charge is 2.26. The number of carbonyl (C=O) groups excluding carboxylic acids is 1. The summed E-state index contributed by atoms with van der Waals surface area (Å²) >= 11 is 0. The molecule has 0 radical (unpaired) electrons. The van der Waals surface area contributed by atoms with Crippen molar-refractivity contribution in [3.05, 3.63) is 0 Å². The first-order chi connectivity index (χ1) is 9.70. The van der Waals surface area contributed by atoms with Crippen LogP contribution in [0, 0.1) is 0 Å². The lowest BCUT2D eigenvalue weighted by Crippen LogP contribution is -2.47. The van der Waals surface area contributed by atoms with Crippen LogP contribution >= 0.6 is 12.4 Å². The molecular weight excluding hydrogens is 292 g/mol. The Kier molecular flexibility index (Phi) is 8.56. The second kappa shape index (κ2) is 9.62. The minimum absolute atomic E-state index is 0. The first kappa shape index (κ1) is 18.7. The fraction of sp³-hybridized carbons (Fsp3) is 0.933. The SMILES string of the molecule is CNC1CCN(C(=O)C(C)OCC2CCCCO2)CC1.Cl. The van der Waals surface area contributed by atoms with E-state index in [1.165, 1.54) is 6.42 Å². The number of amides is 1. The standard InChI is InChI=1S/C15H28N2O3.ClH/c1-12(20-11-14-5-3-4-10-19-14)15(18)17-8-6-13(16-2)7-9-17;/h12-14,16H,3-11H2,1-2H3;1H. The van der Waals surface area contributed by atoms with Crippen molar-refractivity contribution in [3.63, 3.8) is 0 Å². The second-order valence-corrected chi connectivity index (χ2v) is 5.85. The molecule has 2 unspecified atom stereocenters. The molecule has 2 heterocycles. The topological polar surface area (TPSA) is 50.8 Å². The molecule has 1 amide bonds. The van der Waals surface area contributed by atoms with Crippen molar-refractivity contribution < 1.29 is 14.3 Å². The lowest BCUT2D eigenvalue weighted by Gasteiger charge is -2.33. The second-order valence-electron chi connectivity index (χ2n) is 5.85. The molecule has 0 spiro atoms. The Balaban J connectivity index is 0.00000220. The Bertz CT molecular complexity index is 303. The molecule has 2 aliphatic rings. The van der Waals surface area contributed by atoms with E-state index >= 15 is 0 Å². The zero-order valence-corrected chi connectivity index (χ0v) is 14.0. The summed E-state index contributed by atoms with van der Waals surface area (Å²) in [5.74, 6) is 0.121. The zero-order chi connectivity index (χ0) is 14.4. The van der Waals surface area contributed by atoms with Gasteiger partial charge in [-0.25, -0.2) is 0 Å². The molecule has 2 rings (SSSR count). The quantitative estimate of drug-likeness (QED) is 0.836. The summed E-state index contributed by atoms with van der Waals surface area (Å²) in [6, 6.07) is 0.547. The van der Waals surface area contributed by atoms with Crippen molar-refractivity contribution in [2.45, 2.75) is 57.3 Å². The van der Waals surface area contributed by atoms with Crippen molar-refractivity contribution >= 4 is 18.3 Å². The molecule has 2 fully saturated rings. The molecule has 21 heavy (non-hydrogen) atoms. The van der Waals surface area contributed by atoms with Gasteiger partial charge in [0.15, 0.2) is 0 Å².